The molecule has 0 aliphatic carbocycles. The Morgan fingerprint density at radius 3 is 2.49 bits per heavy atom. The summed E-state index contributed by atoms with van der Waals surface area (Å²) in [6, 6.07) is 18.5. The van der Waals surface area contributed by atoms with Gasteiger partial charge in [0.25, 0.3) is 11.8 Å². The van der Waals surface area contributed by atoms with Crippen molar-refractivity contribution in [2.45, 2.75) is 32.8 Å². The van der Waals surface area contributed by atoms with E-state index in [-0.39, 0.29) is 20.3 Å². The van der Waals surface area contributed by atoms with Gasteiger partial charge in [0.15, 0.2) is 15.8 Å². The average Bonchev–Trinajstić information content (AvgIpc) is 3.14. The minimum Gasteiger partial charge on any atom is -0.493 e. The lowest BCUT2D eigenvalue weighted by atomic mass is 9.87. The number of amides is 2. The normalized spacial score (nSPS) is 14.6. The maximum absolute atomic E-state index is 13.1. The fourth-order valence-corrected chi connectivity index (χ4v) is 5.72. The SMILES string of the molecule is COc1cc(/C=C2/SC(=S)N(NC(=O)c3ccccc3Cl)C2=O)cc(Br)c1OCc1ccc(C(C)(C)C)cc1. The summed E-state index contributed by atoms with van der Waals surface area (Å²) in [7, 11) is 1.56. The predicted molar refractivity (Wildman–Crippen MR) is 164 cm³/mol. The molecule has 1 heterocycles. The Bertz CT molecular complexity index is 1470. The molecule has 202 valence electrons. The number of nitrogens with zero attached hydrogens (tertiary/aromatic N) is 1. The van der Waals surface area contributed by atoms with Crippen molar-refractivity contribution in [1.29, 1.82) is 0 Å². The van der Waals surface area contributed by atoms with Crippen LogP contribution in [0.15, 0.2) is 70.0 Å². The molecule has 1 aliphatic heterocycles. The third kappa shape index (κ3) is 6.84. The van der Waals surface area contributed by atoms with Crippen molar-refractivity contribution in [2.24, 2.45) is 0 Å². The molecule has 1 aliphatic rings. The number of halogens is 2. The molecule has 2 amide bonds. The van der Waals surface area contributed by atoms with Crippen LogP contribution in [-0.4, -0.2) is 28.3 Å². The number of nitrogens with one attached hydrogen (secondary N) is 1. The van der Waals surface area contributed by atoms with Crippen LogP contribution in [0.5, 0.6) is 11.5 Å². The lowest BCUT2D eigenvalue weighted by Gasteiger charge is -2.19. The van der Waals surface area contributed by atoms with Gasteiger partial charge in [-0.2, -0.15) is 5.01 Å². The van der Waals surface area contributed by atoms with E-state index in [9.17, 15) is 9.59 Å². The second-order valence-corrected chi connectivity index (χ2v) is 12.6. The fourth-order valence-electron chi connectivity index (χ4n) is 3.74. The molecule has 0 radical (unpaired) electrons. The topological polar surface area (TPSA) is 67.9 Å². The van der Waals surface area contributed by atoms with Gasteiger partial charge in [-0.15, -0.1) is 0 Å². The first kappa shape index (κ1) is 29.1. The van der Waals surface area contributed by atoms with Crippen LogP contribution in [0.2, 0.25) is 5.02 Å². The molecule has 0 saturated carbocycles. The number of carbonyl (C=O) groups is 2. The molecule has 3 aromatic carbocycles. The van der Waals surface area contributed by atoms with E-state index in [1.54, 1.807) is 43.5 Å². The van der Waals surface area contributed by atoms with Crippen molar-refractivity contribution in [1.82, 2.24) is 10.4 Å². The number of thioether (sulfide) groups is 1. The van der Waals surface area contributed by atoms with Gasteiger partial charge in [0, 0.05) is 0 Å². The molecule has 6 nitrogen and oxygen atoms in total. The van der Waals surface area contributed by atoms with Gasteiger partial charge in [0.2, 0.25) is 0 Å². The van der Waals surface area contributed by atoms with Gasteiger partial charge >= 0.3 is 0 Å². The molecule has 0 unspecified atom stereocenters. The van der Waals surface area contributed by atoms with Gasteiger partial charge in [-0.1, -0.05) is 80.5 Å². The van der Waals surface area contributed by atoms with E-state index >= 15 is 0 Å². The Kier molecular flexibility index (Phi) is 9.06. The van der Waals surface area contributed by atoms with Crippen LogP contribution in [0.25, 0.3) is 6.08 Å². The first-order valence-corrected chi connectivity index (χ1v) is 14.3. The van der Waals surface area contributed by atoms with Crippen molar-refractivity contribution in [3.63, 3.8) is 0 Å². The van der Waals surface area contributed by atoms with E-state index in [1.807, 2.05) is 6.07 Å². The summed E-state index contributed by atoms with van der Waals surface area (Å²) in [4.78, 5) is 26.1. The van der Waals surface area contributed by atoms with Crippen LogP contribution in [0.4, 0.5) is 0 Å². The second-order valence-electron chi connectivity index (χ2n) is 9.71. The minimum atomic E-state index is -0.530. The number of hydrogen-bond acceptors (Lipinski definition) is 6. The molecule has 0 atom stereocenters. The Hall–Kier alpha value is -2.85. The van der Waals surface area contributed by atoms with E-state index in [4.69, 9.17) is 33.3 Å². The van der Waals surface area contributed by atoms with Crippen LogP contribution >= 0.6 is 51.5 Å². The van der Waals surface area contributed by atoms with E-state index < -0.39 is 11.8 Å². The first-order valence-electron chi connectivity index (χ1n) is 11.9. The number of hydrogen-bond donors (Lipinski definition) is 1. The van der Waals surface area contributed by atoms with Crippen LogP contribution < -0.4 is 14.9 Å². The van der Waals surface area contributed by atoms with Gasteiger partial charge in [-0.3, -0.25) is 15.0 Å². The molecule has 0 aromatic heterocycles. The minimum absolute atomic E-state index is 0.0803. The number of carbonyl (C=O) groups excluding carboxylic acids is 2. The standard InChI is InChI=1S/C29H26BrClN2O4S2/c1-29(2,3)19-11-9-17(10-12-19)16-37-25-21(30)13-18(14-23(25)36-4)15-24-27(35)33(28(38)39-24)32-26(34)20-7-5-6-8-22(20)31/h5-15H,16H2,1-4H3,(H,32,34)/b24-15+. The molecule has 1 fully saturated rings. The lowest BCUT2D eigenvalue weighted by Crippen LogP contribution is -2.44. The second kappa shape index (κ2) is 12.1. The Morgan fingerprint density at radius 2 is 1.85 bits per heavy atom. The van der Waals surface area contributed by atoms with E-state index in [0.717, 1.165) is 22.3 Å². The summed E-state index contributed by atoms with van der Waals surface area (Å²) in [5.74, 6) is 0.0789. The summed E-state index contributed by atoms with van der Waals surface area (Å²) in [5.41, 5.74) is 5.84. The van der Waals surface area contributed by atoms with Crippen molar-refractivity contribution < 1.29 is 19.1 Å². The summed E-state index contributed by atoms with van der Waals surface area (Å²) in [6.07, 6.45) is 1.68. The molecule has 10 heteroatoms. The average molecular weight is 646 g/mol. The fraction of sp³-hybridized carbons (Fsp3) is 0.207. The highest BCUT2D eigenvalue weighted by molar-refractivity contribution is 9.10. The zero-order chi connectivity index (χ0) is 28.3. The number of benzene rings is 3. The molecular formula is C29H26BrClN2O4S2. The van der Waals surface area contributed by atoms with Gasteiger partial charge < -0.3 is 9.47 Å². The van der Waals surface area contributed by atoms with Gasteiger partial charge in [-0.25, -0.2) is 0 Å². The molecule has 3 aromatic rings. The van der Waals surface area contributed by atoms with Crippen molar-refractivity contribution in [3.05, 3.63) is 97.3 Å². The summed E-state index contributed by atoms with van der Waals surface area (Å²) >= 11 is 16.1. The zero-order valence-corrected chi connectivity index (χ0v) is 25.7. The van der Waals surface area contributed by atoms with E-state index in [1.165, 1.54) is 5.56 Å². The maximum Gasteiger partial charge on any atom is 0.285 e. The largest absolute Gasteiger partial charge is 0.493 e. The van der Waals surface area contributed by atoms with Gasteiger partial charge in [0.1, 0.15) is 6.61 Å². The first-order chi connectivity index (χ1) is 18.5. The van der Waals surface area contributed by atoms with Crippen molar-refractivity contribution in [3.8, 4) is 11.5 Å². The highest BCUT2D eigenvalue weighted by Gasteiger charge is 2.34. The van der Waals surface area contributed by atoms with Crippen LogP contribution in [-0.2, 0) is 16.8 Å². The van der Waals surface area contributed by atoms with Crippen molar-refractivity contribution >= 4 is 73.7 Å². The molecule has 0 bridgehead atoms. The number of thiocarbonyl (C=S) groups is 1. The van der Waals surface area contributed by atoms with Gasteiger partial charge in [0.05, 0.1) is 27.1 Å². The van der Waals surface area contributed by atoms with E-state index in [0.29, 0.717) is 33.0 Å². The molecule has 1 N–H and O–H groups in total. The Morgan fingerprint density at radius 1 is 1.15 bits per heavy atom. The molecular weight excluding hydrogens is 620 g/mol. The maximum atomic E-state index is 13.1. The molecule has 1 saturated heterocycles. The monoisotopic (exact) mass is 644 g/mol. The highest BCUT2D eigenvalue weighted by Crippen LogP contribution is 2.39. The molecule has 39 heavy (non-hydrogen) atoms. The van der Waals surface area contributed by atoms with Crippen LogP contribution in [0.3, 0.4) is 0 Å². The highest BCUT2D eigenvalue weighted by atomic mass is 79.9. The summed E-state index contributed by atoms with van der Waals surface area (Å²) < 4.78 is 12.6. The van der Waals surface area contributed by atoms with Crippen LogP contribution in [0.1, 0.15) is 47.8 Å². The summed E-state index contributed by atoms with van der Waals surface area (Å²) in [6.45, 7) is 6.90. The summed E-state index contributed by atoms with van der Waals surface area (Å²) in [5, 5.41) is 1.32. The quantitative estimate of drug-likeness (QED) is 0.212. The number of methoxy groups -OCH3 is 1. The number of ether oxygens (including phenoxy) is 2. The Labute approximate surface area is 250 Å². The van der Waals surface area contributed by atoms with Crippen LogP contribution in [0, 0.1) is 0 Å². The number of hydrazine groups is 1. The lowest BCUT2D eigenvalue weighted by molar-refractivity contribution is -0.123. The Balaban J connectivity index is 1.49. The smallest absolute Gasteiger partial charge is 0.285 e. The molecule has 0 spiro atoms. The van der Waals surface area contributed by atoms with E-state index in [2.05, 4.69) is 66.4 Å². The predicted octanol–water partition coefficient (Wildman–Crippen LogP) is 7.53. The third-order valence-electron chi connectivity index (χ3n) is 5.88. The van der Waals surface area contributed by atoms with Gasteiger partial charge in [-0.05, 0) is 80.6 Å². The zero-order valence-electron chi connectivity index (χ0n) is 21.7. The number of rotatable bonds is 7. The third-order valence-corrected chi connectivity index (χ3v) is 8.10. The van der Waals surface area contributed by atoms with Crippen molar-refractivity contribution in [2.75, 3.05) is 7.11 Å². The molecule has 4 rings (SSSR count).